The molecule has 0 saturated carbocycles. The summed E-state index contributed by atoms with van der Waals surface area (Å²) in [5, 5.41) is 0. The number of aryl methyl sites for hydroxylation is 2. The van der Waals surface area contributed by atoms with Gasteiger partial charge in [-0.05, 0) is 25.5 Å². The third-order valence-electron chi connectivity index (χ3n) is 3.12. The number of carbonyl (C=O) groups is 1. The fraction of sp³-hybridized carbons (Fsp3) is 0.462. The lowest BCUT2D eigenvalue weighted by atomic mass is 9.91. The average molecular weight is 219 g/mol. The van der Waals surface area contributed by atoms with Gasteiger partial charge in [0.1, 0.15) is 0 Å². The van der Waals surface area contributed by atoms with E-state index in [2.05, 4.69) is 0 Å². The molecule has 3 heteroatoms. The van der Waals surface area contributed by atoms with Gasteiger partial charge in [-0.25, -0.2) is 0 Å². The fourth-order valence-corrected chi connectivity index (χ4v) is 2.04. The van der Waals surface area contributed by atoms with Crippen LogP contribution in [0.4, 0.5) is 0 Å². The zero-order valence-electron chi connectivity index (χ0n) is 9.69. The van der Waals surface area contributed by atoms with Crippen molar-refractivity contribution >= 4 is 5.78 Å². The summed E-state index contributed by atoms with van der Waals surface area (Å²) in [6.07, 6.45) is 0. The van der Waals surface area contributed by atoms with Gasteiger partial charge < -0.3 is 10.5 Å². The first-order valence-corrected chi connectivity index (χ1v) is 5.54. The molecule has 1 aliphatic heterocycles. The van der Waals surface area contributed by atoms with Gasteiger partial charge in [-0.1, -0.05) is 17.7 Å². The summed E-state index contributed by atoms with van der Waals surface area (Å²) in [6, 6.07) is 5.76. The Labute approximate surface area is 95.6 Å². The summed E-state index contributed by atoms with van der Waals surface area (Å²) in [7, 11) is 0. The Morgan fingerprint density at radius 1 is 1.38 bits per heavy atom. The van der Waals surface area contributed by atoms with Crippen LogP contribution in [0, 0.1) is 19.8 Å². The van der Waals surface area contributed by atoms with Crippen molar-refractivity contribution in [3.8, 4) is 0 Å². The molecule has 0 spiro atoms. The molecule has 0 aliphatic carbocycles. The van der Waals surface area contributed by atoms with Crippen molar-refractivity contribution in [2.75, 3.05) is 13.2 Å². The van der Waals surface area contributed by atoms with E-state index in [0.29, 0.717) is 13.2 Å². The van der Waals surface area contributed by atoms with Crippen molar-refractivity contribution in [1.82, 2.24) is 0 Å². The van der Waals surface area contributed by atoms with Gasteiger partial charge in [0.15, 0.2) is 5.78 Å². The second-order valence-corrected chi connectivity index (χ2v) is 4.49. The summed E-state index contributed by atoms with van der Waals surface area (Å²) >= 11 is 0. The van der Waals surface area contributed by atoms with Crippen LogP contribution in [0.5, 0.6) is 0 Å². The van der Waals surface area contributed by atoms with Crippen LogP contribution in [0.3, 0.4) is 0 Å². The fourth-order valence-electron chi connectivity index (χ4n) is 2.04. The average Bonchev–Trinajstić information content (AvgIpc) is 2.67. The smallest absolute Gasteiger partial charge is 0.170 e. The number of ketones is 1. The van der Waals surface area contributed by atoms with E-state index >= 15 is 0 Å². The van der Waals surface area contributed by atoms with E-state index in [1.54, 1.807) is 0 Å². The Kier molecular flexibility index (Phi) is 3.08. The Balaban J connectivity index is 2.29. The third-order valence-corrected chi connectivity index (χ3v) is 3.12. The van der Waals surface area contributed by atoms with Gasteiger partial charge in [0.05, 0.1) is 19.1 Å². The van der Waals surface area contributed by atoms with E-state index in [0.717, 1.165) is 16.7 Å². The van der Waals surface area contributed by atoms with E-state index in [-0.39, 0.29) is 17.7 Å². The third kappa shape index (κ3) is 2.01. The van der Waals surface area contributed by atoms with Crippen molar-refractivity contribution in [3.63, 3.8) is 0 Å². The highest BCUT2D eigenvalue weighted by Gasteiger charge is 2.32. The van der Waals surface area contributed by atoms with Crippen LogP contribution >= 0.6 is 0 Å². The topological polar surface area (TPSA) is 52.3 Å². The van der Waals surface area contributed by atoms with Gasteiger partial charge in [0, 0.05) is 11.6 Å². The molecule has 2 atom stereocenters. The number of benzene rings is 1. The maximum atomic E-state index is 12.3. The normalized spacial score (nSPS) is 24.7. The highest BCUT2D eigenvalue weighted by Crippen LogP contribution is 2.21. The molecule has 0 radical (unpaired) electrons. The predicted molar refractivity (Wildman–Crippen MR) is 62.5 cm³/mol. The van der Waals surface area contributed by atoms with Crippen LogP contribution in [-0.4, -0.2) is 25.0 Å². The lowest BCUT2D eigenvalue weighted by molar-refractivity contribution is 0.0895. The Hall–Kier alpha value is -1.19. The number of nitrogens with two attached hydrogens (primary N) is 1. The van der Waals surface area contributed by atoms with E-state index in [1.807, 2.05) is 32.0 Å². The number of hydrogen-bond donors (Lipinski definition) is 1. The summed E-state index contributed by atoms with van der Waals surface area (Å²) in [6.45, 7) is 4.88. The molecule has 1 aromatic rings. The first-order chi connectivity index (χ1) is 7.59. The maximum absolute atomic E-state index is 12.3. The molecular weight excluding hydrogens is 202 g/mol. The number of rotatable bonds is 2. The largest absolute Gasteiger partial charge is 0.379 e. The van der Waals surface area contributed by atoms with Crippen LogP contribution < -0.4 is 5.73 Å². The quantitative estimate of drug-likeness (QED) is 0.766. The molecule has 0 amide bonds. The minimum atomic E-state index is -0.180. The van der Waals surface area contributed by atoms with E-state index in [9.17, 15) is 4.79 Å². The van der Waals surface area contributed by atoms with Crippen molar-refractivity contribution in [3.05, 3.63) is 34.9 Å². The second-order valence-electron chi connectivity index (χ2n) is 4.49. The molecule has 1 heterocycles. The van der Waals surface area contributed by atoms with Gasteiger partial charge >= 0.3 is 0 Å². The van der Waals surface area contributed by atoms with Gasteiger partial charge in [-0.2, -0.15) is 0 Å². The van der Waals surface area contributed by atoms with Gasteiger partial charge in [0.25, 0.3) is 0 Å². The minimum absolute atomic E-state index is 0.117. The lowest BCUT2D eigenvalue weighted by Gasteiger charge is -2.14. The zero-order valence-corrected chi connectivity index (χ0v) is 9.69. The number of carbonyl (C=O) groups excluding carboxylic acids is 1. The van der Waals surface area contributed by atoms with Gasteiger partial charge in [-0.3, -0.25) is 4.79 Å². The Morgan fingerprint density at radius 3 is 2.75 bits per heavy atom. The zero-order chi connectivity index (χ0) is 11.7. The van der Waals surface area contributed by atoms with Gasteiger partial charge in [0.2, 0.25) is 0 Å². The second kappa shape index (κ2) is 4.36. The van der Waals surface area contributed by atoms with Crippen LogP contribution in [0.2, 0.25) is 0 Å². The molecule has 2 unspecified atom stereocenters. The molecule has 2 rings (SSSR count). The van der Waals surface area contributed by atoms with E-state index in [4.69, 9.17) is 10.5 Å². The van der Waals surface area contributed by atoms with Crippen LogP contribution in [-0.2, 0) is 4.74 Å². The van der Waals surface area contributed by atoms with Crippen LogP contribution in [0.1, 0.15) is 21.5 Å². The summed E-state index contributed by atoms with van der Waals surface area (Å²) < 4.78 is 5.24. The summed E-state index contributed by atoms with van der Waals surface area (Å²) in [4.78, 5) is 12.3. The molecule has 2 N–H and O–H groups in total. The monoisotopic (exact) mass is 219 g/mol. The molecule has 16 heavy (non-hydrogen) atoms. The maximum Gasteiger partial charge on any atom is 0.170 e. The van der Waals surface area contributed by atoms with Crippen molar-refractivity contribution < 1.29 is 9.53 Å². The summed E-state index contributed by atoms with van der Waals surface area (Å²) in [5.41, 5.74) is 8.75. The highest BCUT2D eigenvalue weighted by atomic mass is 16.5. The molecule has 0 aromatic heterocycles. The van der Waals surface area contributed by atoms with E-state index < -0.39 is 0 Å². The minimum Gasteiger partial charge on any atom is -0.379 e. The summed E-state index contributed by atoms with van der Waals surface area (Å²) in [5.74, 6) is -0.0632. The Morgan fingerprint density at radius 2 is 2.12 bits per heavy atom. The van der Waals surface area contributed by atoms with Crippen molar-refractivity contribution in [1.29, 1.82) is 0 Å². The van der Waals surface area contributed by atoms with Crippen LogP contribution in [0.15, 0.2) is 18.2 Å². The lowest BCUT2D eigenvalue weighted by Crippen LogP contribution is -2.34. The Bertz CT molecular complexity index is 414. The highest BCUT2D eigenvalue weighted by molar-refractivity contribution is 6.00. The molecule has 86 valence electrons. The standard InChI is InChI=1S/C13H17NO2/c1-8-3-4-9(2)10(5-8)13(15)11-6-16-7-12(11)14/h3-5,11-12H,6-7,14H2,1-2H3. The van der Waals surface area contributed by atoms with Gasteiger partial charge in [-0.15, -0.1) is 0 Å². The molecule has 1 aromatic carbocycles. The molecule has 3 nitrogen and oxygen atoms in total. The first kappa shape index (κ1) is 11.3. The number of Topliss-reactive ketones (excluding diaryl/α,β-unsaturated/α-hetero) is 1. The van der Waals surface area contributed by atoms with Crippen LogP contribution in [0.25, 0.3) is 0 Å². The molecular formula is C13H17NO2. The SMILES string of the molecule is Cc1ccc(C)c(C(=O)C2COCC2N)c1. The van der Waals surface area contributed by atoms with Crippen molar-refractivity contribution in [2.24, 2.45) is 11.7 Å². The number of ether oxygens (including phenoxy) is 1. The van der Waals surface area contributed by atoms with Crippen molar-refractivity contribution in [2.45, 2.75) is 19.9 Å². The first-order valence-electron chi connectivity index (χ1n) is 5.54. The molecule has 1 aliphatic rings. The van der Waals surface area contributed by atoms with E-state index in [1.165, 1.54) is 0 Å². The predicted octanol–water partition coefficient (Wildman–Crippen LogP) is 1.46. The molecule has 1 saturated heterocycles. The number of hydrogen-bond acceptors (Lipinski definition) is 3. The molecule has 1 fully saturated rings. The molecule has 0 bridgehead atoms.